The van der Waals surface area contributed by atoms with Gasteiger partial charge in [-0.3, -0.25) is 4.79 Å². The first-order chi connectivity index (χ1) is 17.0. The van der Waals surface area contributed by atoms with Crippen molar-refractivity contribution in [3.05, 3.63) is 70.6 Å². The third-order valence-electron chi connectivity index (χ3n) is 5.93. The van der Waals surface area contributed by atoms with Gasteiger partial charge in [-0.05, 0) is 56.8 Å². The van der Waals surface area contributed by atoms with Gasteiger partial charge in [-0.15, -0.1) is 11.8 Å². The Balaban J connectivity index is 1.60. The van der Waals surface area contributed by atoms with Gasteiger partial charge in [0.05, 0.1) is 18.4 Å². The Morgan fingerprint density at radius 2 is 1.89 bits per heavy atom. The highest BCUT2D eigenvalue weighted by molar-refractivity contribution is 7.98. The molecule has 3 rings (SSSR count). The summed E-state index contributed by atoms with van der Waals surface area (Å²) in [6.45, 7) is 12.0. The smallest absolute Gasteiger partial charge is 0.252 e. The van der Waals surface area contributed by atoms with Crippen LogP contribution in [0.1, 0.15) is 46.8 Å². The maximum Gasteiger partial charge on any atom is 0.252 e. The molecule has 0 saturated carbocycles. The maximum absolute atomic E-state index is 13.0. The van der Waals surface area contributed by atoms with Crippen molar-refractivity contribution in [2.24, 2.45) is 0 Å². The molecule has 0 radical (unpaired) electrons. The van der Waals surface area contributed by atoms with Crippen molar-refractivity contribution in [1.29, 1.82) is 0 Å². The zero-order valence-corrected chi connectivity index (χ0v) is 22.0. The standard InChI is InChI=1S/C27H35N3O4S/c1-6-30(7-2)14-15-33-24-13-12-21(16-25(24)32-5)17-28-27(31)22-10-8-9-11-26(22)35-18-23-19(3)29-34-20(23)4/h8-13,16H,6-7,14-15,17-18H2,1-5H3,(H,28,31). The van der Waals surface area contributed by atoms with Crippen LogP contribution in [0, 0.1) is 13.8 Å². The van der Waals surface area contributed by atoms with Gasteiger partial charge in [-0.25, -0.2) is 0 Å². The summed E-state index contributed by atoms with van der Waals surface area (Å²) in [5.74, 6) is 2.75. The molecule has 1 heterocycles. The SMILES string of the molecule is CCN(CC)CCOc1ccc(CNC(=O)c2ccccc2SCc2c(C)noc2C)cc1OC. The first-order valence-electron chi connectivity index (χ1n) is 11.9. The third kappa shape index (κ3) is 7.26. The number of methoxy groups -OCH3 is 1. The van der Waals surface area contributed by atoms with Crippen molar-refractivity contribution in [2.45, 2.75) is 44.9 Å². The predicted molar refractivity (Wildman–Crippen MR) is 139 cm³/mol. The van der Waals surface area contributed by atoms with E-state index in [1.165, 1.54) is 0 Å². The molecular formula is C27H35N3O4S. The van der Waals surface area contributed by atoms with Crippen LogP contribution in [0.25, 0.3) is 0 Å². The lowest BCUT2D eigenvalue weighted by molar-refractivity contribution is 0.0948. The summed E-state index contributed by atoms with van der Waals surface area (Å²) in [7, 11) is 1.63. The van der Waals surface area contributed by atoms with E-state index >= 15 is 0 Å². The number of thioether (sulfide) groups is 1. The number of nitrogens with zero attached hydrogens (tertiary/aromatic N) is 2. The van der Waals surface area contributed by atoms with Crippen LogP contribution < -0.4 is 14.8 Å². The molecule has 1 N–H and O–H groups in total. The molecule has 7 nitrogen and oxygen atoms in total. The van der Waals surface area contributed by atoms with Crippen LogP contribution >= 0.6 is 11.8 Å². The van der Waals surface area contributed by atoms with Gasteiger partial charge in [0.15, 0.2) is 11.5 Å². The van der Waals surface area contributed by atoms with Crippen LogP contribution in [0.4, 0.5) is 0 Å². The summed E-state index contributed by atoms with van der Waals surface area (Å²) < 4.78 is 16.7. The van der Waals surface area contributed by atoms with Gasteiger partial charge in [0, 0.05) is 29.3 Å². The minimum atomic E-state index is -0.120. The monoisotopic (exact) mass is 497 g/mol. The quantitative estimate of drug-likeness (QED) is 0.324. The van der Waals surface area contributed by atoms with E-state index in [4.69, 9.17) is 14.0 Å². The number of rotatable bonds is 13. The van der Waals surface area contributed by atoms with Crippen molar-refractivity contribution in [3.8, 4) is 11.5 Å². The van der Waals surface area contributed by atoms with Crippen LogP contribution in [0.15, 0.2) is 51.9 Å². The Labute approximate surface area is 212 Å². The van der Waals surface area contributed by atoms with Gasteiger partial charge in [-0.2, -0.15) is 0 Å². The third-order valence-corrected chi connectivity index (χ3v) is 7.03. The number of aromatic nitrogens is 1. The molecular weight excluding hydrogens is 462 g/mol. The Hall–Kier alpha value is -2.97. The molecule has 0 fully saturated rings. The van der Waals surface area contributed by atoms with Crippen molar-refractivity contribution < 1.29 is 18.8 Å². The van der Waals surface area contributed by atoms with Crippen LogP contribution in [-0.4, -0.2) is 49.3 Å². The van der Waals surface area contributed by atoms with Crippen molar-refractivity contribution >= 4 is 17.7 Å². The molecule has 0 atom stereocenters. The number of carbonyl (C=O) groups excluding carboxylic acids is 1. The van der Waals surface area contributed by atoms with Gasteiger partial charge in [0.25, 0.3) is 5.91 Å². The molecule has 1 aromatic heterocycles. The largest absolute Gasteiger partial charge is 0.493 e. The summed E-state index contributed by atoms with van der Waals surface area (Å²) in [5, 5.41) is 7.04. The zero-order chi connectivity index (χ0) is 25.2. The normalized spacial score (nSPS) is 11.0. The number of carbonyl (C=O) groups is 1. The van der Waals surface area contributed by atoms with Crippen LogP contribution in [0.3, 0.4) is 0 Å². The maximum atomic E-state index is 13.0. The first kappa shape index (κ1) is 26.6. The molecule has 188 valence electrons. The summed E-state index contributed by atoms with van der Waals surface area (Å²) in [6.07, 6.45) is 0. The van der Waals surface area contributed by atoms with E-state index in [2.05, 4.69) is 29.2 Å². The Kier molecular flexibility index (Phi) is 10.0. The first-order valence-corrected chi connectivity index (χ1v) is 12.9. The zero-order valence-electron chi connectivity index (χ0n) is 21.2. The second kappa shape index (κ2) is 13.2. The summed E-state index contributed by atoms with van der Waals surface area (Å²) in [6, 6.07) is 13.4. The molecule has 3 aromatic rings. The van der Waals surface area contributed by atoms with Gasteiger partial charge < -0.3 is 24.2 Å². The highest BCUT2D eigenvalue weighted by atomic mass is 32.2. The molecule has 0 unspecified atom stereocenters. The van der Waals surface area contributed by atoms with E-state index < -0.39 is 0 Å². The number of hydrogen-bond donors (Lipinski definition) is 1. The van der Waals surface area contributed by atoms with E-state index in [1.807, 2.05) is 56.3 Å². The van der Waals surface area contributed by atoms with Crippen LogP contribution in [-0.2, 0) is 12.3 Å². The van der Waals surface area contributed by atoms with E-state index in [-0.39, 0.29) is 5.91 Å². The molecule has 0 aliphatic carbocycles. The van der Waals surface area contributed by atoms with Crippen molar-refractivity contribution in [1.82, 2.24) is 15.4 Å². The summed E-state index contributed by atoms with van der Waals surface area (Å²) >= 11 is 1.60. The summed E-state index contributed by atoms with van der Waals surface area (Å²) in [5.41, 5.74) is 3.53. The number of aryl methyl sites for hydroxylation is 2. The molecule has 0 saturated heterocycles. The fourth-order valence-corrected chi connectivity index (χ4v) is 4.88. The number of amides is 1. The number of hydrogen-bond acceptors (Lipinski definition) is 7. The fourth-order valence-electron chi connectivity index (χ4n) is 3.68. The lowest BCUT2D eigenvalue weighted by Gasteiger charge is -2.19. The minimum Gasteiger partial charge on any atom is -0.493 e. The van der Waals surface area contributed by atoms with Crippen molar-refractivity contribution in [2.75, 3.05) is 33.4 Å². The number of ether oxygens (including phenoxy) is 2. The molecule has 0 aliphatic rings. The van der Waals surface area contributed by atoms with Gasteiger partial charge in [0.2, 0.25) is 0 Å². The van der Waals surface area contributed by atoms with Crippen LogP contribution in [0.2, 0.25) is 0 Å². The number of benzene rings is 2. The van der Waals surface area contributed by atoms with Crippen LogP contribution in [0.5, 0.6) is 11.5 Å². The average Bonchev–Trinajstić information content (AvgIpc) is 3.21. The molecule has 1 amide bonds. The molecule has 0 aliphatic heterocycles. The van der Waals surface area contributed by atoms with Gasteiger partial charge >= 0.3 is 0 Å². The number of likely N-dealkylation sites (N-methyl/N-ethyl adjacent to an activating group) is 1. The Morgan fingerprint density at radius 3 is 2.57 bits per heavy atom. The van der Waals surface area contributed by atoms with Gasteiger partial charge in [0.1, 0.15) is 12.4 Å². The average molecular weight is 498 g/mol. The van der Waals surface area contributed by atoms with E-state index in [9.17, 15) is 4.79 Å². The van der Waals surface area contributed by atoms with E-state index in [0.29, 0.717) is 36.0 Å². The fraction of sp³-hybridized carbons (Fsp3) is 0.407. The molecule has 0 bridgehead atoms. The summed E-state index contributed by atoms with van der Waals surface area (Å²) in [4.78, 5) is 16.2. The molecule has 8 heteroatoms. The molecule has 0 spiro atoms. The molecule has 35 heavy (non-hydrogen) atoms. The topological polar surface area (TPSA) is 76.8 Å². The van der Waals surface area contributed by atoms with E-state index in [1.54, 1.807) is 18.9 Å². The highest BCUT2D eigenvalue weighted by Gasteiger charge is 2.15. The Morgan fingerprint density at radius 1 is 1.11 bits per heavy atom. The minimum absolute atomic E-state index is 0.120. The second-order valence-corrected chi connectivity index (χ2v) is 9.15. The Bertz CT molecular complexity index is 1090. The second-order valence-electron chi connectivity index (χ2n) is 8.13. The van der Waals surface area contributed by atoms with Crippen molar-refractivity contribution in [3.63, 3.8) is 0 Å². The van der Waals surface area contributed by atoms with E-state index in [0.717, 1.165) is 47.1 Å². The number of nitrogens with one attached hydrogen (secondary N) is 1. The molecule has 2 aromatic carbocycles. The highest BCUT2D eigenvalue weighted by Crippen LogP contribution is 2.30. The lowest BCUT2D eigenvalue weighted by atomic mass is 10.1. The lowest BCUT2D eigenvalue weighted by Crippen LogP contribution is -2.28. The predicted octanol–water partition coefficient (Wildman–Crippen LogP) is 5.24. The van der Waals surface area contributed by atoms with Gasteiger partial charge in [-0.1, -0.05) is 37.2 Å².